The molecule has 23 heavy (non-hydrogen) atoms. The summed E-state index contributed by atoms with van der Waals surface area (Å²) in [7, 11) is -2.23. The molecule has 2 aliphatic heterocycles. The summed E-state index contributed by atoms with van der Waals surface area (Å²) in [4.78, 5) is 12.3. The normalized spacial score (nSPS) is 37.1. The van der Waals surface area contributed by atoms with Crippen LogP contribution in [0.4, 0.5) is 5.82 Å². The van der Waals surface area contributed by atoms with Crippen LogP contribution in [0.5, 0.6) is 0 Å². The maximum Gasteiger partial charge on any atom is 0.475 e. The Morgan fingerprint density at radius 1 is 1.39 bits per heavy atom. The van der Waals surface area contributed by atoms with Crippen molar-refractivity contribution in [2.24, 2.45) is 0 Å². The summed E-state index contributed by atoms with van der Waals surface area (Å²) in [5.74, 6) is 0.306. The summed E-state index contributed by atoms with van der Waals surface area (Å²) in [6.45, 7) is 1.78. The van der Waals surface area contributed by atoms with Crippen molar-refractivity contribution >= 4 is 24.8 Å². The van der Waals surface area contributed by atoms with E-state index < -0.39 is 20.0 Å². The van der Waals surface area contributed by atoms with E-state index in [4.69, 9.17) is 24.0 Å². The number of hydrogen-bond donors (Lipinski definition) is 1. The van der Waals surface area contributed by atoms with Gasteiger partial charge in [0.2, 0.25) is 0 Å². The minimum absolute atomic E-state index is 0.306. The maximum absolute atomic E-state index is 12.2. The second-order valence-electron chi connectivity index (χ2n) is 5.46. The van der Waals surface area contributed by atoms with Crippen LogP contribution in [0.1, 0.15) is 19.6 Å². The van der Waals surface area contributed by atoms with Crippen molar-refractivity contribution in [1.29, 1.82) is 0 Å². The van der Waals surface area contributed by atoms with Gasteiger partial charge in [-0.2, -0.15) is 0 Å². The topological polar surface area (TPSA) is 124 Å². The number of nitrogens with zero attached hydrogens (tertiary/aromatic N) is 4. The molecule has 2 N–H and O–H groups in total. The zero-order chi connectivity index (χ0) is 16.2. The van der Waals surface area contributed by atoms with Crippen LogP contribution >= 0.6 is 7.82 Å². The molecular weight excluding hydrogens is 325 g/mol. The fraction of sp³-hybridized carbons (Fsp3) is 0.583. The first-order valence-electron chi connectivity index (χ1n) is 7.12. The molecule has 2 aromatic heterocycles. The van der Waals surface area contributed by atoms with E-state index in [0.29, 0.717) is 23.4 Å². The van der Waals surface area contributed by atoms with Gasteiger partial charge in [-0.25, -0.2) is 19.5 Å². The van der Waals surface area contributed by atoms with Crippen molar-refractivity contribution < 1.29 is 22.9 Å². The summed E-state index contributed by atoms with van der Waals surface area (Å²) in [5.41, 5.74) is 6.88. The molecule has 0 amide bonds. The van der Waals surface area contributed by atoms with Gasteiger partial charge in [0.1, 0.15) is 30.3 Å². The van der Waals surface area contributed by atoms with Gasteiger partial charge in [-0.15, -0.1) is 0 Å². The van der Waals surface area contributed by atoms with Gasteiger partial charge in [-0.3, -0.25) is 18.1 Å². The van der Waals surface area contributed by atoms with Gasteiger partial charge < -0.3 is 10.5 Å². The van der Waals surface area contributed by atoms with E-state index in [9.17, 15) is 4.57 Å². The van der Waals surface area contributed by atoms with Gasteiger partial charge in [-0.1, -0.05) is 0 Å². The van der Waals surface area contributed by atoms with Crippen molar-refractivity contribution in [3.8, 4) is 0 Å². The Hall–Kier alpha value is -1.58. The number of phosphoric ester groups is 1. The predicted molar refractivity (Wildman–Crippen MR) is 78.3 cm³/mol. The number of imidazole rings is 1. The highest BCUT2D eigenvalue weighted by Gasteiger charge is 2.51. The van der Waals surface area contributed by atoms with Crippen LogP contribution in [0, 0.1) is 0 Å². The molecule has 4 rings (SSSR count). The Morgan fingerprint density at radius 2 is 2.22 bits per heavy atom. The number of rotatable bonds is 2. The third kappa shape index (κ3) is 2.34. The molecule has 2 aliphatic rings. The van der Waals surface area contributed by atoms with Crippen molar-refractivity contribution in [2.45, 2.75) is 37.9 Å². The molecule has 11 heteroatoms. The smallest absolute Gasteiger partial charge is 0.382 e. The molecule has 0 radical (unpaired) electrons. The van der Waals surface area contributed by atoms with E-state index >= 15 is 0 Å². The average molecular weight is 341 g/mol. The maximum atomic E-state index is 12.2. The lowest BCUT2D eigenvalue weighted by Gasteiger charge is -2.33. The number of ether oxygens (including phenoxy) is 1. The number of hydrogen-bond acceptors (Lipinski definition) is 9. The van der Waals surface area contributed by atoms with Crippen molar-refractivity contribution in [2.75, 3.05) is 12.8 Å². The van der Waals surface area contributed by atoms with Gasteiger partial charge in [0.25, 0.3) is 0 Å². The van der Waals surface area contributed by atoms with E-state index in [0.717, 1.165) is 0 Å². The first-order chi connectivity index (χ1) is 11.0. The molecule has 5 unspecified atom stereocenters. The first-order valence-corrected chi connectivity index (χ1v) is 8.58. The molecule has 2 saturated heterocycles. The highest BCUT2D eigenvalue weighted by molar-refractivity contribution is 7.48. The van der Waals surface area contributed by atoms with Crippen LogP contribution in [0.3, 0.4) is 0 Å². The van der Waals surface area contributed by atoms with Gasteiger partial charge >= 0.3 is 7.82 Å². The molecule has 0 spiro atoms. The van der Waals surface area contributed by atoms with E-state index in [1.165, 1.54) is 13.4 Å². The number of aromatic nitrogens is 4. The van der Waals surface area contributed by atoms with Crippen molar-refractivity contribution in [3.63, 3.8) is 0 Å². The van der Waals surface area contributed by atoms with E-state index in [1.807, 2.05) is 0 Å². The van der Waals surface area contributed by atoms with Gasteiger partial charge in [0.05, 0.1) is 12.4 Å². The molecule has 124 valence electrons. The van der Waals surface area contributed by atoms with Crippen LogP contribution < -0.4 is 5.73 Å². The van der Waals surface area contributed by atoms with E-state index in [2.05, 4.69) is 15.0 Å². The average Bonchev–Trinajstić information content (AvgIpc) is 3.11. The SMILES string of the molecule is COP1(=O)OC(C)C2OC(n3cnc4c(N)ncnc43)CC2O1. The van der Waals surface area contributed by atoms with Gasteiger partial charge in [0.15, 0.2) is 11.5 Å². The number of fused-ring (bicyclic) bond motifs is 2. The Labute approximate surface area is 131 Å². The Morgan fingerprint density at radius 3 is 3.00 bits per heavy atom. The quantitative estimate of drug-likeness (QED) is 0.804. The summed E-state index contributed by atoms with van der Waals surface area (Å²) in [6.07, 6.45) is 1.90. The fourth-order valence-corrected chi connectivity index (χ4v) is 4.26. The fourth-order valence-electron chi connectivity index (χ4n) is 2.97. The van der Waals surface area contributed by atoms with Crippen molar-refractivity contribution in [1.82, 2.24) is 19.5 Å². The lowest BCUT2D eigenvalue weighted by Crippen LogP contribution is -2.39. The van der Waals surface area contributed by atoms with Crippen LogP contribution in [0.25, 0.3) is 11.2 Å². The predicted octanol–water partition coefficient (Wildman–Crippen LogP) is 1.25. The molecule has 0 saturated carbocycles. The third-order valence-electron chi connectivity index (χ3n) is 4.06. The van der Waals surface area contributed by atoms with Gasteiger partial charge in [0, 0.05) is 13.5 Å². The second kappa shape index (κ2) is 5.22. The first kappa shape index (κ1) is 15.0. The zero-order valence-corrected chi connectivity index (χ0v) is 13.4. The van der Waals surface area contributed by atoms with Crippen LogP contribution in [-0.4, -0.2) is 44.9 Å². The van der Waals surface area contributed by atoms with Crippen molar-refractivity contribution in [3.05, 3.63) is 12.7 Å². The van der Waals surface area contributed by atoms with Crippen LogP contribution in [0.15, 0.2) is 12.7 Å². The minimum Gasteiger partial charge on any atom is -0.382 e. The molecular formula is C12H16N5O5P. The highest BCUT2D eigenvalue weighted by Crippen LogP contribution is 2.58. The monoisotopic (exact) mass is 341 g/mol. The Bertz CT molecular complexity index is 797. The van der Waals surface area contributed by atoms with Crippen LogP contribution in [0.2, 0.25) is 0 Å². The summed E-state index contributed by atoms with van der Waals surface area (Å²) in [6, 6.07) is 0. The number of anilines is 1. The van der Waals surface area contributed by atoms with Crippen LogP contribution in [-0.2, 0) is 22.9 Å². The Balaban J connectivity index is 1.65. The molecule has 0 aliphatic carbocycles. The van der Waals surface area contributed by atoms with E-state index in [-0.39, 0.29) is 12.3 Å². The molecule has 2 fully saturated rings. The molecule has 4 heterocycles. The largest absolute Gasteiger partial charge is 0.475 e. The zero-order valence-electron chi connectivity index (χ0n) is 12.5. The lowest BCUT2D eigenvalue weighted by molar-refractivity contribution is -0.101. The summed E-state index contributed by atoms with van der Waals surface area (Å²) in [5, 5.41) is 0. The molecule has 10 nitrogen and oxygen atoms in total. The van der Waals surface area contributed by atoms with Gasteiger partial charge in [-0.05, 0) is 6.92 Å². The molecule has 5 atom stereocenters. The Kier molecular flexibility index (Phi) is 3.40. The van der Waals surface area contributed by atoms with E-state index in [1.54, 1.807) is 17.8 Å². The summed E-state index contributed by atoms with van der Waals surface area (Å²) < 4.78 is 35.7. The molecule has 2 aromatic rings. The molecule has 0 bridgehead atoms. The molecule has 0 aromatic carbocycles. The number of nitrogens with two attached hydrogens (primary N) is 1. The number of nitrogen functional groups attached to an aromatic ring is 1. The number of phosphoric acid groups is 1. The standard InChI is InChI=1S/C12H16N5O5P/c1-6-10-7(22-23(18,19-2)21-6)3-8(20-10)17-5-16-9-11(13)14-4-15-12(9)17/h4-8,10H,3H2,1-2H3,(H2,13,14,15). The minimum atomic E-state index is -3.53. The lowest BCUT2D eigenvalue weighted by atomic mass is 10.1. The second-order valence-corrected chi connectivity index (χ2v) is 7.14. The summed E-state index contributed by atoms with van der Waals surface area (Å²) >= 11 is 0. The third-order valence-corrected chi connectivity index (χ3v) is 5.62. The highest BCUT2D eigenvalue weighted by atomic mass is 31.2.